The van der Waals surface area contributed by atoms with Gasteiger partial charge in [-0.25, -0.2) is 0 Å². The average Bonchev–Trinajstić information content (AvgIpc) is 2.13. The molecule has 15 heavy (non-hydrogen) atoms. The van der Waals surface area contributed by atoms with E-state index in [-0.39, 0.29) is 0 Å². The largest absolute Gasteiger partial charge is 0.327 e. The van der Waals surface area contributed by atoms with Crippen LogP contribution in [0.3, 0.4) is 0 Å². The van der Waals surface area contributed by atoms with Crippen molar-refractivity contribution < 1.29 is 0 Å². The number of unbranched alkanes of at least 4 members (excludes halogenated alkanes) is 1. The number of thioether (sulfide) groups is 1. The number of rotatable bonds is 5. The molecule has 1 unspecified atom stereocenters. The highest BCUT2D eigenvalue weighted by Gasteiger charge is 2.27. The minimum atomic E-state index is 0.379. The van der Waals surface area contributed by atoms with Gasteiger partial charge in [-0.3, -0.25) is 4.90 Å². The first-order valence-electron chi connectivity index (χ1n) is 6.15. The summed E-state index contributed by atoms with van der Waals surface area (Å²) in [5, 5.41) is 0. The molecule has 0 aliphatic carbocycles. The minimum absolute atomic E-state index is 0.379. The molecule has 0 saturated carbocycles. The highest BCUT2D eigenvalue weighted by Crippen LogP contribution is 2.29. The number of nitrogens with two attached hydrogens (primary N) is 1. The predicted octanol–water partition coefficient (Wildman–Crippen LogP) is 2.33. The highest BCUT2D eigenvalue weighted by atomic mass is 32.2. The monoisotopic (exact) mass is 230 g/mol. The van der Waals surface area contributed by atoms with Crippen LogP contribution in [-0.2, 0) is 0 Å². The third-order valence-electron chi connectivity index (χ3n) is 2.93. The second-order valence-electron chi connectivity index (χ2n) is 5.25. The van der Waals surface area contributed by atoms with Crippen LogP contribution in [0.4, 0.5) is 0 Å². The summed E-state index contributed by atoms with van der Waals surface area (Å²) in [7, 11) is 0. The lowest BCUT2D eigenvalue weighted by atomic mass is 10.1. The molecular formula is C12H26N2S. The Morgan fingerprint density at radius 2 is 2.20 bits per heavy atom. The number of nitrogens with zero attached hydrogens (tertiary/aromatic N) is 1. The Bertz CT molecular complexity index is 182. The van der Waals surface area contributed by atoms with Gasteiger partial charge in [0.1, 0.15) is 0 Å². The maximum atomic E-state index is 6.13. The molecule has 1 saturated heterocycles. The normalized spacial score (nSPS) is 24.0. The molecule has 0 spiro atoms. The Morgan fingerprint density at radius 3 is 2.80 bits per heavy atom. The maximum absolute atomic E-state index is 6.13. The van der Waals surface area contributed by atoms with Gasteiger partial charge >= 0.3 is 0 Å². The molecule has 1 aliphatic heterocycles. The molecule has 1 fully saturated rings. The molecule has 0 amide bonds. The summed E-state index contributed by atoms with van der Waals surface area (Å²) < 4.78 is 0.419. The SMILES string of the molecule is CCCCC(N)CN1CCSC(C)(C)C1. The first-order valence-corrected chi connectivity index (χ1v) is 7.14. The molecule has 2 nitrogen and oxygen atoms in total. The summed E-state index contributed by atoms with van der Waals surface area (Å²) in [6.07, 6.45) is 3.71. The van der Waals surface area contributed by atoms with E-state index < -0.39 is 0 Å². The van der Waals surface area contributed by atoms with E-state index in [1.54, 1.807) is 0 Å². The summed E-state index contributed by atoms with van der Waals surface area (Å²) in [4.78, 5) is 2.54. The van der Waals surface area contributed by atoms with E-state index in [9.17, 15) is 0 Å². The van der Waals surface area contributed by atoms with Gasteiger partial charge in [0.15, 0.2) is 0 Å². The number of hydrogen-bond acceptors (Lipinski definition) is 3. The second-order valence-corrected chi connectivity index (χ2v) is 7.05. The van der Waals surface area contributed by atoms with E-state index >= 15 is 0 Å². The average molecular weight is 230 g/mol. The van der Waals surface area contributed by atoms with E-state index in [0.29, 0.717) is 10.8 Å². The van der Waals surface area contributed by atoms with Crippen LogP contribution in [0, 0.1) is 0 Å². The molecule has 90 valence electrons. The van der Waals surface area contributed by atoms with E-state index in [1.165, 1.54) is 38.1 Å². The van der Waals surface area contributed by atoms with Crippen molar-refractivity contribution >= 4 is 11.8 Å². The molecule has 0 aromatic carbocycles. The molecule has 1 rings (SSSR count). The Morgan fingerprint density at radius 1 is 1.47 bits per heavy atom. The van der Waals surface area contributed by atoms with Crippen molar-refractivity contribution in [3.8, 4) is 0 Å². The van der Waals surface area contributed by atoms with Crippen LogP contribution < -0.4 is 5.73 Å². The third kappa shape index (κ3) is 5.23. The Balaban J connectivity index is 2.25. The van der Waals surface area contributed by atoms with Gasteiger partial charge in [0.25, 0.3) is 0 Å². The van der Waals surface area contributed by atoms with E-state index in [4.69, 9.17) is 5.73 Å². The smallest absolute Gasteiger partial charge is 0.0231 e. The lowest BCUT2D eigenvalue weighted by Crippen LogP contribution is -2.47. The van der Waals surface area contributed by atoms with Crippen molar-refractivity contribution in [2.75, 3.05) is 25.4 Å². The topological polar surface area (TPSA) is 29.3 Å². The van der Waals surface area contributed by atoms with Crippen LogP contribution in [0.2, 0.25) is 0 Å². The zero-order valence-electron chi connectivity index (χ0n) is 10.5. The minimum Gasteiger partial charge on any atom is -0.327 e. The Labute approximate surface area is 99.0 Å². The standard InChI is InChI=1S/C12H26N2S/c1-4-5-6-11(13)9-14-7-8-15-12(2,3)10-14/h11H,4-10,13H2,1-3H3. The second kappa shape index (κ2) is 6.12. The first kappa shape index (κ1) is 13.3. The summed E-state index contributed by atoms with van der Waals surface area (Å²) in [6, 6.07) is 0.379. The fraction of sp³-hybridized carbons (Fsp3) is 1.00. The van der Waals surface area contributed by atoms with Crippen LogP contribution in [-0.4, -0.2) is 41.1 Å². The predicted molar refractivity (Wildman–Crippen MR) is 70.5 cm³/mol. The van der Waals surface area contributed by atoms with Crippen molar-refractivity contribution in [2.45, 2.75) is 50.8 Å². The van der Waals surface area contributed by atoms with Crippen LogP contribution >= 0.6 is 11.8 Å². The van der Waals surface area contributed by atoms with Crippen LogP contribution in [0.1, 0.15) is 40.0 Å². The van der Waals surface area contributed by atoms with Gasteiger partial charge in [-0.15, -0.1) is 0 Å². The third-order valence-corrected chi connectivity index (χ3v) is 4.22. The van der Waals surface area contributed by atoms with Gasteiger partial charge in [0.05, 0.1) is 0 Å². The van der Waals surface area contributed by atoms with Gasteiger partial charge in [0, 0.05) is 36.2 Å². The summed E-state index contributed by atoms with van der Waals surface area (Å²) in [5.74, 6) is 1.26. The van der Waals surface area contributed by atoms with Crippen molar-refractivity contribution in [2.24, 2.45) is 5.73 Å². The molecule has 3 heteroatoms. The molecule has 2 N–H and O–H groups in total. The maximum Gasteiger partial charge on any atom is 0.0231 e. The van der Waals surface area contributed by atoms with E-state index in [0.717, 1.165) is 6.54 Å². The fourth-order valence-corrected chi connectivity index (χ4v) is 3.34. The number of hydrogen-bond donors (Lipinski definition) is 1. The molecule has 1 atom stereocenters. The Hall–Kier alpha value is 0.270. The van der Waals surface area contributed by atoms with Crippen LogP contribution in [0.5, 0.6) is 0 Å². The van der Waals surface area contributed by atoms with Gasteiger partial charge in [-0.2, -0.15) is 11.8 Å². The summed E-state index contributed by atoms with van der Waals surface area (Å²) in [6.45, 7) is 10.4. The quantitative estimate of drug-likeness (QED) is 0.786. The summed E-state index contributed by atoms with van der Waals surface area (Å²) >= 11 is 2.09. The lowest BCUT2D eigenvalue weighted by molar-refractivity contribution is 0.240. The lowest BCUT2D eigenvalue weighted by Gasteiger charge is -2.38. The molecule has 0 bridgehead atoms. The first-order chi connectivity index (χ1) is 7.03. The highest BCUT2D eigenvalue weighted by molar-refractivity contribution is 8.00. The van der Waals surface area contributed by atoms with Gasteiger partial charge in [-0.1, -0.05) is 19.8 Å². The molecule has 0 aromatic rings. The van der Waals surface area contributed by atoms with E-state index in [1.807, 2.05) is 0 Å². The van der Waals surface area contributed by atoms with Crippen LogP contribution in [0.25, 0.3) is 0 Å². The van der Waals surface area contributed by atoms with Crippen molar-refractivity contribution in [3.05, 3.63) is 0 Å². The Kier molecular flexibility index (Phi) is 5.44. The van der Waals surface area contributed by atoms with Crippen molar-refractivity contribution in [1.29, 1.82) is 0 Å². The van der Waals surface area contributed by atoms with Crippen LogP contribution in [0.15, 0.2) is 0 Å². The van der Waals surface area contributed by atoms with Gasteiger partial charge in [-0.05, 0) is 20.3 Å². The van der Waals surface area contributed by atoms with Gasteiger partial charge in [0.2, 0.25) is 0 Å². The van der Waals surface area contributed by atoms with Crippen molar-refractivity contribution in [1.82, 2.24) is 4.90 Å². The van der Waals surface area contributed by atoms with Crippen molar-refractivity contribution in [3.63, 3.8) is 0 Å². The fourth-order valence-electron chi connectivity index (χ4n) is 2.16. The zero-order chi connectivity index (χ0) is 11.3. The van der Waals surface area contributed by atoms with E-state index in [2.05, 4.69) is 37.4 Å². The zero-order valence-corrected chi connectivity index (χ0v) is 11.3. The molecule has 0 aromatic heterocycles. The molecule has 0 radical (unpaired) electrons. The summed E-state index contributed by atoms with van der Waals surface area (Å²) in [5.41, 5.74) is 6.13. The molecule has 1 aliphatic rings. The molecular weight excluding hydrogens is 204 g/mol. The van der Waals surface area contributed by atoms with Gasteiger partial charge < -0.3 is 5.73 Å². The molecule has 1 heterocycles.